The van der Waals surface area contributed by atoms with Crippen LogP contribution in [0.5, 0.6) is 5.75 Å². The number of amides is 1. The molecule has 0 radical (unpaired) electrons. The van der Waals surface area contributed by atoms with Gasteiger partial charge in [0.2, 0.25) is 0 Å². The maximum atomic E-state index is 12.5. The molecule has 2 aromatic carbocycles. The van der Waals surface area contributed by atoms with Crippen LogP contribution >= 0.6 is 34.5 Å². The van der Waals surface area contributed by atoms with Crippen LogP contribution in [0.25, 0.3) is 10.2 Å². The second-order valence-corrected chi connectivity index (χ2v) is 8.35. The minimum atomic E-state index is -0.387. The maximum absolute atomic E-state index is 12.5. The molecular weight excluding hydrogens is 431 g/mol. The normalized spacial score (nSPS) is 12.0. The zero-order valence-corrected chi connectivity index (χ0v) is 18.8. The molecule has 1 heterocycles. The second-order valence-electron chi connectivity index (χ2n) is 6.53. The molecule has 3 rings (SSSR count). The van der Waals surface area contributed by atoms with Gasteiger partial charge in [0, 0.05) is 18.2 Å². The number of halogens is 2. The van der Waals surface area contributed by atoms with E-state index < -0.39 is 0 Å². The minimum absolute atomic E-state index is 0.209. The van der Waals surface area contributed by atoms with Gasteiger partial charge in [-0.3, -0.25) is 4.79 Å². The number of hydrogen-bond donors (Lipinski definition) is 0. The van der Waals surface area contributed by atoms with Crippen molar-refractivity contribution in [3.8, 4) is 5.75 Å². The van der Waals surface area contributed by atoms with E-state index in [9.17, 15) is 4.79 Å². The summed E-state index contributed by atoms with van der Waals surface area (Å²) in [5.74, 6) is 0.00811. The lowest BCUT2D eigenvalue weighted by atomic mass is 10.1. The first-order valence-corrected chi connectivity index (χ1v) is 10.8. The Morgan fingerprint density at radius 3 is 2.72 bits per heavy atom. The van der Waals surface area contributed by atoms with Crippen molar-refractivity contribution < 1.29 is 14.3 Å². The van der Waals surface area contributed by atoms with Crippen LogP contribution in [0, 0.1) is 13.8 Å². The molecule has 0 atom stereocenters. The number of aryl methyl sites for hydroxylation is 2. The molecule has 0 bridgehead atoms. The molecule has 29 heavy (non-hydrogen) atoms. The molecule has 154 valence electrons. The van der Waals surface area contributed by atoms with Crippen molar-refractivity contribution in [1.29, 1.82) is 0 Å². The van der Waals surface area contributed by atoms with Crippen molar-refractivity contribution in [2.75, 3.05) is 19.8 Å². The molecule has 0 aliphatic rings. The number of benzene rings is 2. The Kier molecular flexibility index (Phi) is 7.35. The van der Waals surface area contributed by atoms with E-state index in [0.29, 0.717) is 40.4 Å². The van der Waals surface area contributed by atoms with Crippen LogP contribution in [0.2, 0.25) is 10.0 Å². The number of rotatable bonds is 7. The van der Waals surface area contributed by atoms with E-state index in [1.165, 1.54) is 11.3 Å². The predicted molar refractivity (Wildman–Crippen MR) is 118 cm³/mol. The van der Waals surface area contributed by atoms with E-state index in [4.69, 9.17) is 32.7 Å². The molecule has 5 nitrogen and oxygen atoms in total. The number of fused-ring (bicyclic) bond motifs is 1. The molecule has 0 saturated carbocycles. The zero-order chi connectivity index (χ0) is 21.0. The van der Waals surface area contributed by atoms with Crippen molar-refractivity contribution in [2.45, 2.75) is 27.3 Å². The lowest BCUT2D eigenvalue weighted by Crippen LogP contribution is -2.21. The molecule has 0 unspecified atom stereocenters. The topological polar surface area (TPSA) is 52.8 Å². The Morgan fingerprint density at radius 2 is 2.00 bits per heavy atom. The van der Waals surface area contributed by atoms with Crippen LogP contribution in [-0.4, -0.2) is 30.3 Å². The van der Waals surface area contributed by atoms with E-state index in [1.807, 2.05) is 11.5 Å². The smallest absolute Gasteiger partial charge is 0.286 e. The van der Waals surface area contributed by atoms with E-state index in [-0.39, 0.29) is 12.5 Å². The molecule has 0 N–H and O–H groups in total. The highest BCUT2D eigenvalue weighted by Crippen LogP contribution is 2.27. The second kappa shape index (κ2) is 9.76. The quantitative estimate of drug-likeness (QED) is 0.464. The van der Waals surface area contributed by atoms with Gasteiger partial charge in [0.05, 0.1) is 21.8 Å². The third kappa shape index (κ3) is 5.39. The van der Waals surface area contributed by atoms with Gasteiger partial charge in [-0.2, -0.15) is 4.99 Å². The number of thiazole rings is 1. The number of hydrogen-bond acceptors (Lipinski definition) is 4. The summed E-state index contributed by atoms with van der Waals surface area (Å²) in [4.78, 5) is 17.4. The van der Waals surface area contributed by atoms with Gasteiger partial charge >= 0.3 is 0 Å². The van der Waals surface area contributed by atoms with E-state index in [2.05, 4.69) is 31.0 Å². The average Bonchev–Trinajstić information content (AvgIpc) is 2.99. The third-order valence-corrected chi connectivity index (χ3v) is 6.00. The Balaban J connectivity index is 1.89. The highest BCUT2D eigenvalue weighted by molar-refractivity contribution is 7.16. The van der Waals surface area contributed by atoms with Crippen LogP contribution in [0.1, 0.15) is 18.1 Å². The average molecular weight is 453 g/mol. The zero-order valence-electron chi connectivity index (χ0n) is 16.5. The Bertz CT molecular complexity index is 1110. The number of ether oxygens (including phenoxy) is 2. The molecular formula is C21H22Cl2N2O3S. The largest absolute Gasteiger partial charge is 0.482 e. The highest BCUT2D eigenvalue weighted by atomic mass is 35.5. The molecule has 0 spiro atoms. The molecule has 0 saturated heterocycles. The lowest BCUT2D eigenvalue weighted by molar-refractivity contribution is -0.120. The highest BCUT2D eigenvalue weighted by Gasteiger charge is 2.12. The molecule has 1 aromatic heterocycles. The van der Waals surface area contributed by atoms with Gasteiger partial charge in [-0.25, -0.2) is 0 Å². The summed E-state index contributed by atoms with van der Waals surface area (Å²) < 4.78 is 14.2. The molecule has 0 aliphatic carbocycles. The van der Waals surface area contributed by atoms with Crippen molar-refractivity contribution >= 4 is 50.7 Å². The standard InChI is InChI=1S/C21H22Cl2N2O3S/c1-4-27-8-7-25-17-10-13(2)9-14(3)20(17)29-21(25)24-19(26)12-28-18-6-5-15(22)11-16(18)23/h5-6,9-11H,4,7-8,12H2,1-3H3. The third-order valence-electron chi connectivity index (χ3n) is 4.24. The SMILES string of the molecule is CCOCCn1c(=NC(=O)COc2ccc(Cl)cc2Cl)sc2c(C)cc(C)cc21. The van der Waals surface area contributed by atoms with Gasteiger partial charge in [-0.15, -0.1) is 0 Å². The van der Waals surface area contributed by atoms with Crippen LogP contribution in [0.3, 0.4) is 0 Å². The molecule has 3 aromatic rings. The van der Waals surface area contributed by atoms with Gasteiger partial charge < -0.3 is 14.0 Å². The lowest BCUT2D eigenvalue weighted by Gasteiger charge is -2.07. The number of carbonyl (C=O) groups is 1. The number of nitrogens with zero attached hydrogens (tertiary/aromatic N) is 2. The van der Waals surface area contributed by atoms with Crippen molar-refractivity contribution in [3.63, 3.8) is 0 Å². The fraction of sp³-hybridized carbons (Fsp3) is 0.333. The van der Waals surface area contributed by atoms with Gasteiger partial charge in [0.25, 0.3) is 5.91 Å². The fourth-order valence-electron chi connectivity index (χ4n) is 2.98. The fourth-order valence-corrected chi connectivity index (χ4v) is 4.57. The summed E-state index contributed by atoms with van der Waals surface area (Å²) in [7, 11) is 0. The Hall–Kier alpha value is -1.86. The summed E-state index contributed by atoms with van der Waals surface area (Å²) in [6.45, 7) is 7.68. The summed E-state index contributed by atoms with van der Waals surface area (Å²) >= 11 is 13.5. The van der Waals surface area contributed by atoms with E-state index in [0.717, 1.165) is 21.3 Å². The summed E-state index contributed by atoms with van der Waals surface area (Å²) in [5, 5.41) is 0.856. The summed E-state index contributed by atoms with van der Waals surface area (Å²) in [6, 6.07) is 9.09. The summed E-state index contributed by atoms with van der Waals surface area (Å²) in [5.41, 5.74) is 3.38. The Labute approximate surface area is 183 Å². The van der Waals surface area contributed by atoms with E-state index >= 15 is 0 Å². The van der Waals surface area contributed by atoms with Gasteiger partial charge in [0.1, 0.15) is 5.75 Å². The van der Waals surface area contributed by atoms with Crippen LogP contribution in [0.4, 0.5) is 0 Å². The van der Waals surface area contributed by atoms with Crippen molar-refractivity contribution in [1.82, 2.24) is 4.57 Å². The first-order valence-electron chi connectivity index (χ1n) is 9.22. The molecule has 1 amide bonds. The van der Waals surface area contributed by atoms with Crippen molar-refractivity contribution in [2.24, 2.45) is 4.99 Å². The molecule has 0 aliphatic heterocycles. The van der Waals surface area contributed by atoms with Crippen molar-refractivity contribution in [3.05, 3.63) is 56.3 Å². The Morgan fingerprint density at radius 1 is 1.21 bits per heavy atom. The monoisotopic (exact) mass is 452 g/mol. The molecule has 0 fully saturated rings. The number of aromatic nitrogens is 1. The van der Waals surface area contributed by atoms with Gasteiger partial charge in [-0.1, -0.05) is 40.6 Å². The first kappa shape index (κ1) is 21.8. The van der Waals surface area contributed by atoms with Gasteiger partial charge in [0.15, 0.2) is 11.4 Å². The predicted octanol–water partition coefficient (Wildman–Crippen LogP) is 5.17. The molecule has 8 heteroatoms. The maximum Gasteiger partial charge on any atom is 0.286 e. The summed E-state index contributed by atoms with van der Waals surface area (Å²) in [6.07, 6.45) is 0. The van der Waals surface area contributed by atoms with Crippen LogP contribution in [-0.2, 0) is 16.1 Å². The minimum Gasteiger partial charge on any atom is -0.482 e. The number of carbonyl (C=O) groups excluding carboxylic acids is 1. The van der Waals surface area contributed by atoms with Gasteiger partial charge in [-0.05, 0) is 56.2 Å². The van der Waals surface area contributed by atoms with Crippen LogP contribution in [0.15, 0.2) is 35.3 Å². The first-order chi connectivity index (χ1) is 13.9. The van der Waals surface area contributed by atoms with E-state index in [1.54, 1.807) is 18.2 Å². The van der Waals surface area contributed by atoms with Crippen LogP contribution < -0.4 is 9.54 Å².